The Morgan fingerprint density at radius 3 is 1.84 bits per heavy atom. The monoisotopic (exact) mass is 872 g/mol. The third-order valence-corrected chi connectivity index (χ3v) is 14.5. The van der Waals surface area contributed by atoms with E-state index in [-0.39, 0.29) is 0 Å². The first-order valence-corrected chi connectivity index (χ1v) is 23.3. The van der Waals surface area contributed by atoms with Gasteiger partial charge in [-0.1, -0.05) is 170 Å². The van der Waals surface area contributed by atoms with Crippen LogP contribution >= 0.6 is 11.3 Å². The van der Waals surface area contributed by atoms with Crippen molar-refractivity contribution in [3.8, 4) is 62.1 Å². The summed E-state index contributed by atoms with van der Waals surface area (Å²) in [4.78, 5) is 16.0. The van der Waals surface area contributed by atoms with Crippen molar-refractivity contribution in [3.05, 3.63) is 218 Å². The van der Waals surface area contributed by atoms with Crippen molar-refractivity contribution < 1.29 is 4.42 Å². The second-order valence-electron chi connectivity index (χ2n) is 17.1. The largest absolute Gasteiger partial charge is 0.456 e. The topological polar surface area (TPSA) is 56.7 Å². The number of hydrogen-bond donors (Lipinski definition) is 0. The lowest BCUT2D eigenvalue weighted by Gasteiger charge is -2.15. The van der Waals surface area contributed by atoms with Crippen molar-refractivity contribution >= 4 is 86.0 Å². The van der Waals surface area contributed by atoms with Gasteiger partial charge in [0.15, 0.2) is 11.6 Å². The number of aromatic nitrogens is 4. The van der Waals surface area contributed by atoms with E-state index in [1.807, 2.05) is 47.7 Å². The number of rotatable bonds is 6. The Morgan fingerprint density at radius 1 is 0.373 bits per heavy atom. The van der Waals surface area contributed by atoms with Gasteiger partial charge in [0.2, 0.25) is 5.95 Å². The fourth-order valence-corrected chi connectivity index (χ4v) is 11.4. The van der Waals surface area contributed by atoms with Crippen LogP contribution in [0.1, 0.15) is 0 Å². The van der Waals surface area contributed by atoms with Crippen LogP contribution in [0, 0.1) is 0 Å². The predicted molar refractivity (Wildman–Crippen MR) is 279 cm³/mol. The van der Waals surface area contributed by atoms with Crippen molar-refractivity contribution in [2.75, 3.05) is 0 Å². The SMILES string of the molecule is c1ccc(-c2cc(-c3cccc4c3sc3ccccc34)cc(-c3cccc4c5c6ccccc6ccc5n(-c5nc(-c6ccccc6)nc(-c6ccc7c(c6)oc6ccccc67)n5)c34)c2)cc1. The average molecular weight is 873 g/mol. The summed E-state index contributed by atoms with van der Waals surface area (Å²) in [6.07, 6.45) is 0. The van der Waals surface area contributed by atoms with Crippen LogP contribution in [0.15, 0.2) is 223 Å². The number of furan rings is 1. The molecule has 0 aliphatic carbocycles. The maximum Gasteiger partial charge on any atom is 0.238 e. The minimum atomic E-state index is 0.533. The highest BCUT2D eigenvalue weighted by Crippen LogP contribution is 2.45. The number of benzene rings is 10. The fraction of sp³-hybridized carbons (Fsp3) is 0. The Hall–Kier alpha value is -8.71. The fourth-order valence-electron chi connectivity index (χ4n) is 10.2. The third kappa shape index (κ3) is 6.04. The van der Waals surface area contributed by atoms with Crippen molar-refractivity contribution in [3.63, 3.8) is 0 Å². The summed E-state index contributed by atoms with van der Waals surface area (Å²) in [6, 6.07) is 77.6. The molecule has 0 amide bonds. The number of fused-ring (bicyclic) bond motifs is 11. The van der Waals surface area contributed by atoms with E-state index < -0.39 is 0 Å². The van der Waals surface area contributed by atoms with E-state index in [0.717, 1.165) is 82.7 Å². The minimum absolute atomic E-state index is 0.533. The quantitative estimate of drug-likeness (QED) is 0.167. The van der Waals surface area contributed by atoms with Gasteiger partial charge in [0.05, 0.1) is 11.0 Å². The molecule has 0 unspecified atom stereocenters. The normalized spacial score (nSPS) is 11.9. The second kappa shape index (κ2) is 14.9. The zero-order chi connectivity index (χ0) is 44.0. The molecule has 14 aromatic rings. The number of thiophene rings is 1. The van der Waals surface area contributed by atoms with Crippen molar-refractivity contribution in [1.29, 1.82) is 0 Å². The molecule has 0 N–H and O–H groups in total. The van der Waals surface area contributed by atoms with Crippen molar-refractivity contribution in [1.82, 2.24) is 19.5 Å². The number of para-hydroxylation sites is 2. The molecule has 4 aromatic heterocycles. The van der Waals surface area contributed by atoms with Crippen molar-refractivity contribution in [2.24, 2.45) is 0 Å². The molecule has 0 aliphatic rings. The van der Waals surface area contributed by atoms with E-state index in [1.165, 1.54) is 36.5 Å². The van der Waals surface area contributed by atoms with Crippen molar-refractivity contribution in [2.45, 2.75) is 0 Å². The summed E-state index contributed by atoms with van der Waals surface area (Å²) in [6.45, 7) is 0. The van der Waals surface area contributed by atoms with Gasteiger partial charge in [0.1, 0.15) is 11.2 Å². The molecule has 0 saturated heterocycles. The lowest BCUT2D eigenvalue weighted by molar-refractivity contribution is 0.669. The highest BCUT2D eigenvalue weighted by Gasteiger charge is 2.23. The average Bonchev–Trinajstić information content (AvgIpc) is 4.08. The van der Waals surface area contributed by atoms with Gasteiger partial charge in [0, 0.05) is 58.4 Å². The van der Waals surface area contributed by atoms with E-state index in [1.54, 1.807) is 0 Å². The summed E-state index contributed by atoms with van der Waals surface area (Å²) >= 11 is 1.86. The molecular formula is C61H36N4OS. The summed E-state index contributed by atoms with van der Waals surface area (Å²) in [5.41, 5.74) is 12.3. The van der Waals surface area contributed by atoms with Gasteiger partial charge in [-0.3, -0.25) is 4.57 Å². The van der Waals surface area contributed by atoms with Crippen LogP contribution in [0.3, 0.4) is 0 Å². The molecule has 10 aromatic carbocycles. The third-order valence-electron chi connectivity index (χ3n) is 13.2. The summed E-state index contributed by atoms with van der Waals surface area (Å²) < 4.78 is 11.2. The van der Waals surface area contributed by atoms with Crippen LogP contribution in [0.25, 0.3) is 137 Å². The Kier molecular flexibility index (Phi) is 8.38. The predicted octanol–water partition coefficient (Wildman–Crippen LogP) is 16.7. The molecule has 0 bridgehead atoms. The van der Waals surface area contributed by atoms with Gasteiger partial charge in [-0.25, -0.2) is 4.98 Å². The molecule has 0 radical (unpaired) electrons. The maximum atomic E-state index is 6.40. The Bertz CT molecular complexity index is 4280. The summed E-state index contributed by atoms with van der Waals surface area (Å²) in [5, 5.41) is 9.30. The molecule has 4 heterocycles. The molecular weight excluding hydrogens is 837 g/mol. The van der Waals surface area contributed by atoms with Crippen LogP contribution < -0.4 is 0 Å². The van der Waals surface area contributed by atoms with E-state index in [9.17, 15) is 0 Å². The summed E-state index contributed by atoms with van der Waals surface area (Å²) in [7, 11) is 0. The number of nitrogens with zero attached hydrogens (tertiary/aromatic N) is 4. The first kappa shape index (κ1) is 37.6. The molecule has 0 saturated carbocycles. The van der Waals surface area contributed by atoms with Crippen LogP contribution in [-0.2, 0) is 0 Å². The number of hydrogen-bond acceptors (Lipinski definition) is 5. The van der Waals surface area contributed by atoms with E-state index in [2.05, 4.69) is 187 Å². The molecule has 312 valence electrons. The lowest BCUT2D eigenvalue weighted by atomic mass is 9.92. The van der Waals surface area contributed by atoms with E-state index >= 15 is 0 Å². The van der Waals surface area contributed by atoms with Gasteiger partial charge in [-0.05, 0) is 87.1 Å². The zero-order valence-corrected chi connectivity index (χ0v) is 36.7. The lowest BCUT2D eigenvalue weighted by Crippen LogP contribution is -2.07. The standard InChI is InChI=1S/C61H36N4OS/c1-3-15-37(16-4-1)41-33-42(35-43(34-41)46-24-14-25-50-49-22-10-12-28-55(49)67-58(46)50)45-23-13-26-51-56-44-20-8-7-17-38(44)30-32-52(56)65(57(45)51)61-63-59(39-18-5-2-6-19-39)62-60(64-61)40-29-31-48-47-21-9-11-27-53(47)66-54(48)36-40/h1-36H. The molecule has 5 nitrogen and oxygen atoms in total. The first-order chi connectivity index (χ1) is 33.2. The van der Waals surface area contributed by atoms with Gasteiger partial charge >= 0.3 is 0 Å². The smallest absolute Gasteiger partial charge is 0.238 e. The summed E-state index contributed by atoms with van der Waals surface area (Å²) in [5.74, 6) is 1.68. The second-order valence-corrected chi connectivity index (χ2v) is 18.2. The van der Waals surface area contributed by atoms with Gasteiger partial charge < -0.3 is 4.42 Å². The Labute approximate surface area is 388 Å². The molecule has 0 spiro atoms. The highest BCUT2D eigenvalue weighted by atomic mass is 32.1. The van der Waals surface area contributed by atoms with E-state index in [4.69, 9.17) is 19.4 Å². The molecule has 14 rings (SSSR count). The maximum absolute atomic E-state index is 6.40. The van der Waals surface area contributed by atoms with Gasteiger partial charge in [-0.2, -0.15) is 9.97 Å². The van der Waals surface area contributed by atoms with Crippen LogP contribution in [0.4, 0.5) is 0 Å². The highest BCUT2D eigenvalue weighted by molar-refractivity contribution is 7.26. The van der Waals surface area contributed by atoms with E-state index in [0.29, 0.717) is 17.6 Å². The Morgan fingerprint density at radius 2 is 1.00 bits per heavy atom. The molecule has 0 aliphatic heterocycles. The van der Waals surface area contributed by atoms with Gasteiger partial charge in [-0.15, -0.1) is 11.3 Å². The first-order valence-electron chi connectivity index (χ1n) is 22.5. The molecule has 67 heavy (non-hydrogen) atoms. The van der Waals surface area contributed by atoms with Crippen LogP contribution in [-0.4, -0.2) is 19.5 Å². The molecule has 6 heteroatoms. The molecule has 0 atom stereocenters. The minimum Gasteiger partial charge on any atom is -0.456 e. The Balaban J connectivity index is 1.07. The van der Waals surface area contributed by atoms with Crippen LogP contribution in [0.5, 0.6) is 0 Å². The van der Waals surface area contributed by atoms with Gasteiger partial charge in [0.25, 0.3) is 0 Å². The zero-order valence-electron chi connectivity index (χ0n) is 35.9. The van der Waals surface area contributed by atoms with Crippen LogP contribution in [0.2, 0.25) is 0 Å². The molecule has 0 fully saturated rings.